The number of carbonyl (C=O) groups is 1. The Hall–Kier alpha value is -2.23. The SMILES string of the molecule is CC(=O)N(C)Cc1cccc(NCc2ccn(C)c2)c1. The molecular weight excluding hydrogens is 250 g/mol. The molecule has 0 radical (unpaired) electrons. The Morgan fingerprint density at radius 1 is 1.30 bits per heavy atom. The van der Waals surface area contributed by atoms with E-state index in [1.165, 1.54) is 5.56 Å². The van der Waals surface area contributed by atoms with E-state index in [4.69, 9.17) is 0 Å². The fraction of sp³-hybridized carbons (Fsp3) is 0.312. The van der Waals surface area contributed by atoms with Crippen molar-refractivity contribution in [3.8, 4) is 0 Å². The molecule has 2 aromatic rings. The molecule has 0 aliphatic rings. The van der Waals surface area contributed by atoms with Gasteiger partial charge in [0.1, 0.15) is 0 Å². The highest BCUT2D eigenvalue weighted by molar-refractivity contribution is 5.72. The van der Waals surface area contributed by atoms with Crippen LogP contribution in [0.4, 0.5) is 5.69 Å². The number of nitrogens with one attached hydrogen (secondary N) is 1. The second-order valence-electron chi connectivity index (χ2n) is 5.11. The van der Waals surface area contributed by atoms with Crippen molar-refractivity contribution < 1.29 is 4.79 Å². The highest BCUT2D eigenvalue weighted by Gasteiger charge is 2.04. The van der Waals surface area contributed by atoms with E-state index in [2.05, 4.69) is 23.6 Å². The van der Waals surface area contributed by atoms with Gasteiger partial charge in [0.05, 0.1) is 0 Å². The molecule has 0 saturated carbocycles. The summed E-state index contributed by atoms with van der Waals surface area (Å²) in [7, 11) is 3.83. The van der Waals surface area contributed by atoms with Crippen LogP contribution in [0.25, 0.3) is 0 Å². The number of anilines is 1. The zero-order valence-electron chi connectivity index (χ0n) is 12.3. The van der Waals surface area contributed by atoms with Gasteiger partial charge in [0, 0.05) is 52.2 Å². The number of amides is 1. The van der Waals surface area contributed by atoms with Crippen molar-refractivity contribution in [2.45, 2.75) is 20.0 Å². The molecule has 0 spiro atoms. The summed E-state index contributed by atoms with van der Waals surface area (Å²) in [6.45, 7) is 3.01. The van der Waals surface area contributed by atoms with Gasteiger partial charge in [-0.1, -0.05) is 12.1 Å². The van der Waals surface area contributed by atoms with Gasteiger partial charge in [0.25, 0.3) is 0 Å². The predicted molar refractivity (Wildman–Crippen MR) is 81.3 cm³/mol. The summed E-state index contributed by atoms with van der Waals surface area (Å²) in [4.78, 5) is 13.0. The first-order valence-electron chi connectivity index (χ1n) is 6.70. The van der Waals surface area contributed by atoms with Crippen molar-refractivity contribution in [2.24, 2.45) is 7.05 Å². The molecule has 2 rings (SSSR count). The van der Waals surface area contributed by atoms with E-state index in [9.17, 15) is 4.79 Å². The third-order valence-corrected chi connectivity index (χ3v) is 3.27. The van der Waals surface area contributed by atoms with Crippen molar-refractivity contribution in [3.05, 3.63) is 53.9 Å². The molecule has 0 fully saturated rings. The van der Waals surface area contributed by atoms with Crippen LogP contribution in [0.15, 0.2) is 42.7 Å². The van der Waals surface area contributed by atoms with Crippen LogP contribution in [-0.2, 0) is 24.9 Å². The zero-order chi connectivity index (χ0) is 14.5. The standard InChI is InChI=1S/C16H21N3O/c1-13(20)19(3)12-14-5-4-6-16(9-14)17-10-15-7-8-18(2)11-15/h4-9,11,17H,10,12H2,1-3H3. The normalized spacial score (nSPS) is 10.3. The Balaban J connectivity index is 1.97. The van der Waals surface area contributed by atoms with Crippen LogP contribution in [0.3, 0.4) is 0 Å². The van der Waals surface area contributed by atoms with Gasteiger partial charge in [0.15, 0.2) is 0 Å². The molecular formula is C16H21N3O. The molecule has 1 aromatic carbocycles. The van der Waals surface area contributed by atoms with Crippen molar-refractivity contribution in [1.29, 1.82) is 0 Å². The lowest BCUT2D eigenvalue weighted by Gasteiger charge is -2.15. The van der Waals surface area contributed by atoms with E-state index < -0.39 is 0 Å². The number of hydrogen-bond acceptors (Lipinski definition) is 2. The minimum absolute atomic E-state index is 0.0765. The van der Waals surface area contributed by atoms with Crippen LogP contribution >= 0.6 is 0 Å². The average Bonchev–Trinajstić information content (AvgIpc) is 2.82. The minimum Gasteiger partial charge on any atom is -0.381 e. The van der Waals surface area contributed by atoms with Crippen LogP contribution in [0.2, 0.25) is 0 Å². The lowest BCUT2D eigenvalue weighted by atomic mass is 10.2. The van der Waals surface area contributed by atoms with Crippen LogP contribution in [0.5, 0.6) is 0 Å². The first-order chi connectivity index (χ1) is 9.54. The van der Waals surface area contributed by atoms with Gasteiger partial charge in [-0.3, -0.25) is 4.79 Å². The van der Waals surface area contributed by atoms with Gasteiger partial charge in [-0.05, 0) is 29.3 Å². The average molecular weight is 271 g/mol. The third kappa shape index (κ3) is 3.88. The zero-order valence-corrected chi connectivity index (χ0v) is 12.3. The number of rotatable bonds is 5. The second kappa shape index (κ2) is 6.28. The summed E-state index contributed by atoms with van der Waals surface area (Å²) in [6, 6.07) is 10.3. The summed E-state index contributed by atoms with van der Waals surface area (Å²) in [5.74, 6) is 0.0765. The van der Waals surface area contributed by atoms with Crippen molar-refractivity contribution in [2.75, 3.05) is 12.4 Å². The maximum atomic E-state index is 11.3. The Morgan fingerprint density at radius 2 is 2.10 bits per heavy atom. The Labute approximate surface area is 120 Å². The molecule has 1 heterocycles. The van der Waals surface area contributed by atoms with Crippen LogP contribution in [-0.4, -0.2) is 22.4 Å². The fourth-order valence-electron chi connectivity index (χ4n) is 2.03. The molecule has 4 nitrogen and oxygen atoms in total. The molecule has 0 unspecified atom stereocenters. The minimum atomic E-state index is 0.0765. The predicted octanol–water partition coefficient (Wildman–Crippen LogP) is 2.62. The summed E-state index contributed by atoms with van der Waals surface area (Å²) >= 11 is 0. The van der Waals surface area contributed by atoms with Crippen LogP contribution in [0, 0.1) is 0 Å². The van der Waals surface area contributed by atoms with Gasteiger partial charge in [0.2, 0.25) is 5.91 Å². The smallest absolute Gasteiger partial charge is 0.219 e. The van der Waals surface area contributed by atoms with E-state index in [0.717, 1.165) is 17.8 Å². The summed E-state index contributed by atoms with van der Waals surface area (Å²) < 4.78 is 2.04. The number of carbonyl (C=O) groups excluding carboxylic acids is 1. The lowest BCUT2D eigenvalue weighted by Crippen LogP contribution is -2.22. The van der Waals surface area contributed by atoms with Gasteiger partial charge in [-0.15, -0.1) is 0 Å². The lowest BCUT2D eigenvalue weighted by molar-refractivity contribution is -0.128. The van der Waals surface area contributed by atoms with E-state index in [1.54, 1.807) is 11.8 Å². The molecule has 1 aromatic heterocycles. The maximum Gasteiger partial charge on any atom is 0.219 e. The molecule has 0 aliphatic heterocycles. The van der Waals surface area contributed by atoms with Crippen molar-refractivity contribution in [3.63, 3.8) is 0 Å². The highest BCUT2D eigenvalue weighted by atomic mass is 16.2. The quantitative estimate of drug-likeness (QED) is 0.907. The first kappa shape index (κ1) is 14.2. The molecule has 0 aliphatic carbocycles. The monoisotopic (exact) mass is 271 g/mol. The molecule has 106 valence electrons. The molecule has 0 atom stereocenters. The first-order valence-corrected chi connectivity index (χ1v) is 6.70. The molecule has 1 N–H and O–H groups in total. The maximum absolute atomic E-state index is 11.3. The van der Waals surface area contributed by atoms with Gasteiger partial charge < -0.3 is 14.8 Å². The number of aryl methyl sites for hydroxylation is 1. The van der Waals surface area contributed by atoms with Crippen molar-refractivity contribution >= 4 is 11.6 Å². The van der Waals surface area contributed by atoms with Gasteiger partial charge in [-0.25, -0.2) is 0 Å². The molecule has 0 saturated heterocycles. The van der Waals surface area contributed by atoms with E-state index >= 15 is 0 Å². The topological polar surface area (TPSA) is 37.3 Å². The van der Waals surface area contributed by atoms with Gasteiger partial charge in [-0.2, -0.15) is 0 Å². The van der Waals surface area contributed by atoms with Crippen LogP contribution < -0.4 is 5.32 Å². The van der Waals surface area contributed by atoms with E-state index in [0.29, 0.717) is 6.54 Å². The summed E-state index contributed by atoms with van der Waals surface area (Å²) in [6.07, 6.45) is 4.13. The summed E-state index contributed by atoms with van der Waals surface area (Å²) in [5, 5.41) is 3.40. The Bertz CT molecular complexity index is 589. The van der Waals surface area contributed by atoms with Crippen LogP contribution in [0.1, 0.15) is 18.1 Å². The number of nitrogens with zero attached hydrogens (tertiary/aromatic N) is 2. The van der Waals surface area contributed by atoms with Gasteiger partial charge >= 0.3 is 0 Å². The largest absolute Gasteiger partial charge is 0.381 e. The van der Waals surface area contributed by atoms with E-state index in [-0.39, 0.29) is 5.91 Å². The second-order valence-corrected chi connectivity index (χ2v) is 5.11. The van der Waals surface area contributed by atoms with Crippen molar-refractivity contribution in [1.82, 2.24) is 9.47 Å². The highest BCUT2D eigenvalue weighted by Crippen LogP contribution is 2.13. The van der Waals surface area contributed by atoms with E-state index in [1.807, 2.05) is 43.1 Å². The Morgan fingerprint density at radius 3 is 2.75 bits per heavy atom. The molecule has 0 bridgehead atoms. The molecule has 1 amide bonds. The third-order valence-electron chi connectivity index (χ3n) is 3.27. The Kier molecular flexibility index (Phi) is 4.45. The fourth-order valence-corrected chi connectivity index (χ4v) is 2.03. The summed E-state index contributed by atoms with van der Waals surface area (Å²) in [5.41, 5.74) is 3.45. The number of aromatic nitrogens is 1. The number of benzene rings is 1. The molecule has 4 heteroatoms. The molecule has 20 heavy (non-hydrogen) atoms. The number of hydrogen-bond donors (Lipinski definition) is 1.